The third-order valence-corrected chi connectivity index (χ3v) is 22.8. The fraction of sp³-hybridized carbons (Fsp3) is 0.0337. The number of allylic oxidation sites excluding steroid dienone is 1. The van der Waals surface area contributed by atoms with Crippen LogP contribution in [0.3, 0.4) is 0 Å². The SMILES string of the molecule is C1=CC(c2ccc(/C=C/c3ccc4c(c3)C3(c5ccccc5-c5ccccc53)c3cc(/C=C/c5ccc(-c6ccc7c(c6)c6ccccc6n7-c6cc7ccccc7c7ccccc67)s5)ccc3-4)s2)Cc2c1n(-c1cc3ccccc3c3ccccc13)c1ccccc21. The molecule has 0 radical (unpaired) electrons. The van der Waals surface area contributed by atoms with Crippen molar-refractivity contribution < 1.29 is 0 Å². The highest BCUT2D eigenvalue weighted by molar-refractivity contribution is 7.16. The van der Waals surface area contributed by atoms with E-state index in [-0.39, 0.29) is 5.92 Å². The molecule has 4 aromatic heterocycles. The van der Waals surface area contributed by atoms with Crippen LogP contribution in [0.1, 0.15) is 65.2 Å². The van der Waals surface area contributed by atoms with Crippen LogP contribution in [0.4, 0.5) is 0 Å². The molecule has 20 rings (SSSR count). The first kappa shape index (κ1) is 52.6. The lowest BCUT2D eigenvalue weighted by Gasteiger charge is -2.30. The summed E-state index contributed by atoms with van der Waals surface area (Å²) in [4.78, 5) is 5.12. The van der Waals surface area contributed by atoms with E-state index in [2.05, 4.69) is 331 Å². The number of fused-ring (bicyclic) bond motifs is 22. The number of thiophene rings is 2. The molecule has 4 heterocycles. The maximum Gasteiger partial charge on any atom is 0.0725 e. The van der Waals surface area contributed by atoms with Crippen LogP contribution >= 0.6 is 22.7 Å². The summed E-state index contributed by atoms with van der Waals surface area (Å²) in [6.45, 7) is 0. The van der Waals surface area contributed by atoms with Crippen LogP contribution < -0.4 is 0 Å². The van der Waals surface area contributed by atoms with Gasteiger partial charge in [-0.3, -0.25) is 0 Å². The van der Waals surface area contributed by atoms with Gasteiger partial charge in [-0.1, -0.05) is 231 Å². The summed E-state index contributed by atoms with van der Waals surface area (Å²) in [5.74, 6) is 0.284. The van der Waals surface area contributed by atoms with Crippen LogP contribution in [-0.4, -0.2) is 9.13 Å². The predicted octanol–water partition coefficient (Wildman–Crippen LogP) is 24.2. The summed E-state index contributed by atoms with van der Waals surface area (Å²) < 4.78 is 4.99. The van der Waals surface area contributed by atoms with Gasteiger partial charge in [0.2, 0.25) is 0 Å². The lowest BCUT2D eigenvalue weighted by atomic mass is 9.70. The zero-order valence-electron chi connectivity index (χ0n) is 50.6. The molecule has 0 fully saturated rings. The van der Waals surface area contributed by atoms with Crippen molar-refractivity contribution in [1.29, 1.82) is 0 Å². The molecule has 13 aromatic carbocycles. The van der Waals surface area contributed by atoms with Gasteiger partial charge < -0.3 is 9.13 Å². The standard InChI is InChI=1S/C89H56N2S2/c1-3-19-63-57(17-1)53-85(71-25-7-5-21-65(63)71)90-81-31-15-11-27-73(81)75-51-59(37-45-83(75)90)87-47-41-61(92-87)39-33-55-35-43-69-70-44-36-56(50-80(70)89(79(69)49-55)77-29-13-9-23-67(77)68-24-10-14-30-78(68)89)34-40-62-42-48-88(93-62)60-38-46-84-76(52-60)74-28-12-16-32-82(74)91(84)86-54-58-18-2-4-20-64(58)66-22-6-8-26-72(66)86/h1-51,53-54,60H,52H2/b39-33+,40-34+. The fourth-order valence-electron chi connectivity index (χ4n) is 16.5. The topological polar surface area (TPSA) is 9.86 Å². The van der Waals surface area contributed by atoms with Crippen LogP contribution in [-0.2, 0) is 11.8 Å². The Morgan fingerprint density at radius 2 is 0.839 bits per heavy atom. The Labute approximate surface area is 546 Å². The van der Waals surface area contributed by atoms with E-state index < -0.39 is 5.41 Å². The van der Waals surface area contributed by atoms with Crippen molar-refractivity contribution >= 4 is 129 Å². The van der Waals surface area contributed by atoms with Crippen molar-refractivity contribution in [2.75, 3.05) is 0 Å². The molecule has 434 valence electrons. The Hall–Kier alpha value is -11.1. The molecule has 3 aliphatic rings. The molecule has 0 saturated carbocycles. The summed E-state index contributed by atoms with van der Waals surface area (Å²) in [6.07, 6.45) is 15.1. The number of nitrogens with zero attached hydrogens (tertiary/aromatic N) is 2. The van der Waals surface area contributed by atoms with Crippen molar-refractivity contribution in [2.24, 2.45) is 0 Å². The fourth-order valence-corrected chi connectivity index (χ4v) is 18.4. The second-order valence-electron chi connectivity index (χ2n) is 25.4. The van der Waals surface area contributed by atoms with Crippen LogP contribution in [0, 0.1) is 0 Å². The van der Waals surface area contributed by atoms with E-state index >= 15 is 0 Å². The van der Waals surface area contributed by atoms with Crippen LogP contribution in [0.15, 0.2) is 291 Å². The van der Waals surface area contributed by atoms with E-state index in [1.165, 1.54) is 179 Å². The molecule has 4 heteroatoms. The molecule has 0 saturated heterocycles. The van der Waals surface area contributed by atoms with Gasteiger partial charge in [-0.2, -0.15) is 0 Å². The van der Waals surface area contributed by atoms with Crippen molar-refractivity contribution in [1.82, 2.24) is 9.13 Å². The summed E-state index contributed by atoms with van der Waals surface area (Å²) >= 11 is 3.76. The minimum atomic E-state index is -0.475. The largest absolute Gasteiger partial charge is 0.309 e. The maximum absolute atomic E-state index is 2.52. The molecule has 93 heavy (non-hydrogen) atoms. The predicted molar refractivity (Wildman–Crippen MR) is 398 cm³/mol. The van der Waals surface area contributed by atoms with Gasteiger partial charge in [-0.05, 0) is 197 Å². The molecule has 0 aliphatic heterocycles. The number of rotatable bonds is 8. The van der Waals surface area contributed by atoms with Gasteiger partial charge in [0, 0.05) is 58.1 Å². The Balaban J connectivity index is 0.615. The highest BCUT2D eigenvalue weighted by Crippen LogP contribution is 2.63. The number of aromatic nitrogens is 2. The Morgan fingerprint density at radius 3 is 1.48 bits per heavy atom. The normalized spacial score (nSPS) is 14.5. The molecular formula is C89H56N2S2. The van der Waals surface area contributed by atoms with Crippen LogP contribution in [0.25, 0.3) is 150 Å². The van der Waals surface area contributed by atoms with Crippen LogP contribution in [0.5, 0.6) is 0 Å². The third-order valence-electron chi connectivity index (χ3n) is 20.5. The number of hydrogen-bond acceptors (Lipinski definition) is 2. The average molecular weight is 1220 g/mol. The highest BCUT2D eigenvalue weighted by Gasteiger charge is 2.51. The monoisotopic (exact) mass is 1220 g/mol. The quantitative estimate of drug-likeness (QED) is 0.134. The zero-order valence-corrected chi connectivity index (χ0v) is 52.2. The first-order valence-electron chi connectivity index (χ1n) is 32.3. The van der Waals surface area contributed by atoms with Crippen molar-refractivity contribution in [3.63, 3.8) is 0 Å². The van der Waals surface area contributed by atoms with Crippen molar-refractivity contribution in [2.45, 2.75) is 17.8 Å². The lowest BCUT2D eigenvalue weighted by Crippen LogP contribution is -2.26. The van der Waals surface area contributed by atoms with Gasteiger partial charge in [-0.25, -0.2) is 0 Å². The van der Waals surface area contributed by atoms with E-state index in [0.29, 0.717) is 0 Å². The summed E-state index contributed by atoms with van der Waals surface area (Å²) in [6, 6.07) is 107. The minimum absolute atomic E-state index is 0.284. The second-order valence-corrected chi connectivity index (χ2v) is 27.6. The van der Waals surface area contributed by atoms with E-state index in [1.807, 2.05) is 22.7 Å². The van der Waals surface area contributed by atoms with E-state index in [1.54, 1.807) is 0 Å². The summed E-state index contributed by atoms with van der Waals surface area (Å²) in [5.41, 5.74) is 22.6. The molecular weight excluding hydrogens is 1160 g/mol. The second kappa shape index (κ2) is 20.4. The highest BCUT2D eigenvalue weighted by atomic mass is 32.1. The molecule has 2 nitrogen and oxygen atoms in total. The summed E-state index contributed by atoms with van der Waals surface area (Å²) in [5, 5.41) is 14.0. The Morgan fingerprint density at radius 1 is 0.344 bits per heavy atom. The number of para-hydroxylation sites is 2. The third kappa shape index (κ3) is 7.86. The number of hydrogen-bond donors (Lipinski definition) is 0. The van der Waals surface area contributed by atoms with E-state index in [4.69, 9.17) is 0 Å². The van der Waals surface area contributed by atoms with Gasteiger partial charge in [0.15, 0.2) is 0 Å². The molecule has 0 bridgehead atoms. The van der Waals surface area contributed by atoms with Gasteiger partial charge in [0.05, 0.1) is 33.3 Å². The van der Waals surface area contributed by atoms with Gasteiger partial charge in [0.1, 0.15) is 0 Å². The first-order valence-corrected chi connectivity index (χ1v) is 33.9. The van der Waals surface area contributed by atoms with Gasteiger partial charge >= 0.3 is 0 Å². The molecule has 1 spiro atoms. The number of benzene rings is 13. The maximum atomic E-state index is 2.52. The Kier molecular flexibility index (Phi) is 11.6. The smallest absolute Gasteiger partial charge is 0.0725 e. The molecule has 17 aromatic rings. The molecule has 0 N–H and O–H groups in total. The van der Waals surface area contributed by atoms with Crippen molar-refractivity contribution in [3.05, 3.63) is 350 Å². The average Bonchev–Trinajstić information content (AvgIpc) is 1.51. The van der Waals surface area contributed by atoms with E-state index in [9.17, 15) is 0 Å². The zero-order chi connectivity index (χ0) is 60.9. The lowest BCUT2D eigenvalue weighted by molar-refractivity contribution is 0.793. The molecule has 1 unspecified atom stereocenters. The van der Waals surface area contributed by atoms with Crippen molar-refractivity contribution in [3.8, 4) is 44.1 Å². The van der Waals surface area contributed by atoms with E-state index in [0.717, 1.165) is 6.42 Å². The molecule has 0 amide bonds. The first-order chi connectivity index (χ1) is 46.1. The summed E-state index contributed by atoms with van der Waals surface area (Å²) in [7, 11) is 0. The molecule has 3 aliphatic carbocycles. The minimum Gasteiger partial charge on any atom is -0.309 e. The van der Waals surface area contributed by atoms with Crippen LogP contribution in [0.2, 0.25) is 0 Å². The van der Waals surface area contributed by atoms with Gasteiger partial charge in [-0.15, -0.1) is 22.7 Å². The molecule has 1 atom stereocenters. The Bertz CT molecular complexity index is 6080. The van der Waals surface area contributed by atoms with Gasteiger partial charge in [0.25, 0.3) is 0 Å².